The number of halogens is 1. The fraction of sp³-hybridized carbons (Fsp3) is 0.143. The first-order chi connectivity index (χ1) is 9.72. The second kappa shape index (κ2) is 5.13. The van der Waals surface area contributed by atoms with Gasteiger partial charge in [0.1, 0.15) is 16.1 Å². The lowest BCUT2D eigenvalue weighted by Gasteiger charge is -2.10. The average molecular weight is 334 g/mol. The van der Waals surface area contributed by atoms with Gasteiger partial charge in [-0.05, 0) is 46.3 Å². The van der Waals surface area contributed by atoms with E-state index in [-0.39, 0.29) is 0 Å². The van der Waals surface area contributed by atoms with Crippen molar-refractivity contribution < 1.29 is 9.47 Å². The minimum absolute atomic E-state index is 0.744. The van der Waals surface area contributed by atoms with Gasteiger partial charge in [0.2, 0.25) is 0 Å². The van der Waals surface area contributed by atoms with Gasteiger partial charge in [0.05, 0.1) is 26.1 Å². The van der Waals surface area contributed by atoms with Gasteiger partial charge in [-0.1, -0.05) is 0 Å². The number of rotatable bonds is 3. The predicted octanol–water partition coefficient (Wildman–Crippen LogP) is 3.18. The Morgan fingerprint density at radius 3 is 2.70 bits per heavy atom. The van der Waals surface area contributed by atoms with Crippen LogP contribution in [0.4, 0.5) is 0 Å². The van der Waals surface area contributed by atoms with Crippen LogP contribution in [-0.4, -0.2) is 28.8 Å². The van der Waals surface area contributed by atoms with Crippen molar-refractivity contribution in [1.29, 1.82) is 0 Å². The molecule has 102 valence electrons. The molecule has 0 amide bonds. The van der Waals surface area contributed by atoms with Crippen LogP contribution in [0.2, 0.25) is 0 Å². The van der Waals surface area contributed by atoms with Gasteiger partial charge in [-0.3, -0.25) is 0 Å². The quantitative estimate of drug-likeness (QED) is 0.738. The average Bonchev–Trinajstić information content (AvgIpc) is 2.87. The van der Waals surface area contributed by atoms with Crippen LogP contribution >= 0.6 is 15.9 Å². The van der Waals surface area contributed by atoms with Crippen LogP contribution < -0.4 is 9.47 Å². The summed E-state index contributed by atoms with van der Waals surface area (Å²) in [6.07, 6.45) is 1.72. The number of imidazole rings is 1. The van der Waals surface area contributed by atoms with E-state index in [2.05, 4.69) is 26.0 Å². The summed E-state index contributed by atoms with van der Waals surface area (Å²) in [7, 11) is 3.27. The Hall–Kier alpha value is -2.08. The molecule has 0 spiro atoms. The molecule has 0 aliphatic carbocycles. The van der Waals surface area contributed by atoms with E-state index in [4.69, 9.17) is 9.47 Å². The molecule has 0 aliphatic heterocycles. The number of nitrogens with zero attached hydrogens (tertiary/aromatic N) is 3. The van der Waals surface area contributed by atoms with Gasteiger partial charge >= 0.3 is 0 Å². The minimum atomic E-state index is 0.744. The number of benzene rings is 1. The summed E-state index contributed by atoms with van der Waals surface area (Å²) in [5.74, 6) is 1.50. The molecule has 20 heavy (non-hydrogen) atoms. The van der Waals surface area contributed by atoms with Gasteiger partial charge in [-0.25, -0.2) is 9.50 Å². The highest BCUT2D eigenvalue weighted by Gasteiger charge is 2.11. The molecule has 2 heterocycles. The SMILES string of the molecule is COc1ccc(OC)c(-c2ccc3ncc(Br)n3n2)c1. The number of fused-ring (bicyclic) bond motifs is 1. The van der Waals surface area contributed by atoms with Crippen molar-refractivity contribution in [2.24, 2.45) is 0 Å². The summed E-state index contributed by atoms with van der Waals surface area (Å²) in [5.41, 5.74) is 2.43. The second-order valence-corrected chi connectivity index (χ2v) is 4.95. The van der Waals surface area contributed by atoms with Gasteiger partial charge in [-0.15, -0.1) is 0 Å². The first-order valence-electron chi connectivity index (χ1n) is 5.95. The van der Waals surface area contributed by atoms with Gasteiger partial charge < -0.3 is 9.47 Å². The summed E-state index contributed by atoms with van der Waals surface area (Å²) < 4.78 is 13.2. The van der Waals surface area contributed by atoms with Gasteiger partial charge in [0.25, 0.3) is 0 Å². The first-order valence-corrected chi connectivity index (χ1v) is 6.75. The molecule has 0 aliphatic rings. The second-order valence-electron chi connectivity index (χ2n) is 4.14. The fourth-order valence-corrected chi connectivity index (χ4v) is 2.37. The molecule has 0 atom stereocenters. The zero-order valence-electron chi connectivity index (χ0n) is 11.0. The molecule has 0 radical (unpaired) electrons. The number of ether oxygens (including phenoxy) is 2. The van der Waals surface area contributed by atoms with Gasteiger partial charge in [0, 0.05) is 5.56 Å². The monoisotopic (exact) mass is 333 g/mol. The Morgan fingerprint density at radius 2 is 1.95 bits per heavy atom. The molecular weight excluding hydrogens is 322 g/mol. The summed E-state index contributed by atoms with van der Waals surface area (Å²) in [6, 6.07) is 9.44. The lowest BCUT2D eigenvalue weighted by atomic mass is 10.1. The third kappa shape index (κ3) is 2.12. The van der Waals surface area contributed by atoms with Crippen LogP contribution in [0.15, 0.2) is 41.1 Å². The number of methoxy groups -OCH3 is 2. The standard InChI is InChI=1S/C14H12BrN3O2/c1-19-9-3-5-12(20-2)10(7-9)11-4-6-14-16-8-13(15)18(14)17-11/h3-8H,1-2H3. The van der Waals surface area contributed by atoms with Crippen LogP contribution in [0, 0.1) is 0 Å². The van der Waals surface area contributed by atoms with Gasteiger partial charge in [0.15, 0.2) is 5.65 Å². The van der Waals surface area contributed by atoms with Crippen molar-refractivity contribution in [3.8, 4) is 22.8 Å². The zero-order chi connectivity index (χ0) is 14.1. The topological polar surface area (TPSA) is 48.7 Å². The van der Waals surface area contributed by atoms with Gasteiger partial charge in [-0.2, -0.15) is 5.10 Å². The highest BCUT2D eigenvalue weighted by atomic mass is 79.9. The molecule has 0 N–H and O–H groups in total. The first kappa shape index (κ1) is 12.9. The molecule has 0 bridgehead atoms. The van der Waals surface area contributed by atoms with Crippen molar-refractivity contribution in [2.75, 3.05) is 14.2 Å². The molecule has 3 aromatic rings. The van der Waals surface area contributed by atoms with Crippen LogP contribution in [0.5, 0.6) is 11.5 Å². The van der Waals surface area contributed by atoms with Crippen LogP contribution in [0.3, 0.4) is 0 Å². The van der Waals surface area contributed by atoms with Crippen LogP contribution in [-0.2, 0) is 0 Å². The summed E-state index contributed by atoms with van der Waals surface area (Å²) >= 11 is 3.42. The van der Waals surface area contributed by atoms with Crippen molar-refractivity contribution in [3.05, 3.63) is 41.1 Å². The van der Waals surface area contributed by atoms with Crippen molar-refractivity contribution in [1.82, 2.24) is 14.6 Å². The maximum atomic E-state index is 5.39. The van der Waals surface area contributed by atoms with E-state index < -0.39 is 0 Å². The molecule has 1 aromatic carbocycles. The maximum Gasteiger partial charge on any atom is 0.154 e. The molecule has 3 rings (SSSR count). The van der Waals surface area contributed by atoms with E-state index in [9.17, 15) is 0 Å². The number of hydrogen-bond donors (Lipinski definition) is 0. The number of aromatic nitrogens is 3. The highest BCUT2D eigenvalue weighted by Crippen LogP contribution is 2.32. The Bertz CT molecular complexity index is 770. The van der Waals surface area contributed by atoms with Crippen molar-refractivity contribution in [2.45, 2.75) is 0 Å². The number of hydrogen-bond acceptors (Lipinski definition) is 4. The molecule has 2 aromatic heterocycles. The third-order valence-corrected chi connectivity index (χ3v) is 3.54. The molecule has 5 nitrogen and oxygen atoms in total. The molecule has 0 saturated heterocycles. The molecular formula is C14H12BrN3O2. The Morgan fingerprint density at radius 1 is 1.10 bits per heavy atom. The van der Waals surface area contributed by atoms with E-state index in [1.165, 1.54) is 0 Å². The maximum absolute atomic E-state index is 5.39. The zero-order valence-corrected chi connectivity index (χ0v) is 12.6. The smallest absolute Gasteiger partial charge is 0.154 e. The largest absolute Gasteiger partial charge is 0.497 e. The summed E-state index contributed by atoms with van der Waals surface area (Å²) in [6.45, 7) is 0. The fourth-order valence-electron chi connectivity index (χ4n) is 2.00. The van der Waals surface area contributed by atoms with Crippen molar-refractivity contribution in [3.63, 3.8) is 0 Å². The highest BCUT2D eigenvalue weighted by molar-refractivity contribution is 9.10. The summed E-state index contributed by atoms with van der Waals surface area (Å²) in [5, 5.41) is 4.56. The van der Waals surface area contributed by atoms with Crippen molar-refractivity contribution >= 4 is 21.6 Å². The third-order valence-electron chi connectivity index (χ3n) is 3.00. The molecule has 6 heteroatoms. The Kier molecular flexibility index (Phi) is 3.31. The van der Waals surface area contributed by atoms with E-state index in [0.717, 1.165) is 33.0 Å². The lowest BCUT2D eigenvalue weighted by Crippen LogP contribution is -1.97. The molecule has 0 saturated carbocycles. The Labute approximate surface area is 124 Å². The van der Waals surface area contributed by atoms with E-state index in [1.54, 1.807) is 24.9 Å². The predicted molar refractivity (Wildman–Crippen MR) is 79.2 cm³/mol. The lowest BCUT2D eigenvalue weighted by molar-refractivity contribution is 0.404. The Balaban J connectivity index is 2.20. The van der Waals surface area contributed by atoms with Crippen LogP contribution in [0.1, 0.15) is 0 Å². The molecule has 0 fully saturated rings. The van der Waals surface area contributed by atoms with E-state index >= 15 is 0 Å². The normalized spacial score (nSPS) is 10.8. The van der Waals surface area contributed by atoms with Crippen LogP contribution in [0.25, 0.3) is 16.9 Å². The molecule has 0 unspecified atom stereocenters. The summed E-state index contributed by atoms with van der Waals surface area (Å²) in [4.78, 5) is 4.23. The van der Waals surface area contributed by atoms with E-state index in [1.807, 2.05) is 30.3 Å². The minimum Gasteiger partial charge on any atom is -0.497 e. The van der Waals surface area contributed by atoms with E-state index in [0.29, 0.717) is 0 Å².